The van der Waals surface area contributed by atoms with Crippen LogP contribution in [0.2, 0.25) is 0 Å². The normalized spacial score (nSPS) is 15.2. The minimum Gasteiger partial charge on any atom is -0.508 e. The summed E-state index contributed by atoms with van der Waals surface area (Å²) in [5.74, 6) is 1.61. The SMILES string of the molecule is COc1ccc(N(C(C)=O)C2CCN(Cc3ccccc3O)CC2)cc1OC. The van der Waals surface area contributed by atoms with E-state index in [1.165, 1.54) is 0 Å². The summed E-state index contributed by atoms with van der Waals surface area (Å²) in [5, 5.41) is 9.99. The molecule has 0 aromatic heterocycles. The van der Waals surface area contributed by atoms with E-state index < -0.39 is 0 Å². The number of carbonyl (C=O) groups excluding carboxylic acids is 1. The van der Waals surface area contributed by atoms with E-state index in [2.05, 4.69) is 4.90 Å². The lowest BCUT2D eigenvalue weighted by atomic mass is 10.0. The van der Waals surface area contributed by atoms with Crippen molar-refractivity contribution >= 4 is 11.6 Å². The first-order valence-electron chi connectivity index (χ1n) is 9.54. The van der Waals surface area contributed by atoms with Gasteiger partial charge < -0.3 is 19.5 Å². The predicted molar refractivity (Wildman–Crippen MR) is 109 cm³/mol. The number of likely N-dealkylation sites (tertiary alicyclic amines) is 1. The summed E-state index contributed by atoms with van der Waals surface area (Å²) >= 11 is 0. The molecule has 0 unspecified atom stereocenters. The van der Waals surface area contributed by atoms with Crippen molar-refractivity contribution in [2.45, 2.75) is 32.4 Å². The Labute approximate surface area is 166 Å². The molecule has 2 aromatic carbocycles. The van der Waals surface area contributed by atoms with Crippen LogP contribution in [-0.2, 0) is 11.3 Å². The molecule has 1 aliphatic rings. The molecule has 1 amide bonds. The molecule has 0 radical (unpaired) electrons. The molecule has 150 valence electrons. The standard InChI is InChI=1S/C22H28N2O4/c1-16(25)24(19-8-9-21(27-2)22(14-19)28-3)18-10-12-23(13-11-18)15-17-6-4-5-7-20(17)26/h4-9,14,18,26H,10-13,15H2,1-3H3. The van der Waals surface area contributed by atoms with Crippen molar-refractivity contribution in [3.8, 4) is 17.2 Å². The zero-order valence-electron chi connectivity index (χ0n) is 16.7. The van der Waals surface area contributed by atoms with E-state index in [0.717, 1.165) is 43.7 Å². The Morgan fingerprint density at radius 2 is 1.79 bits per heavy atom. The Kier molecular flexibility index (Phi) is 6.41. The van der Waals surface area contributed by atoms with E-state index >= 15 is 0 Å². The maximum absolute atomic E-state index is 12.4. The van der Waals surface area contributed by atoms with Gasteiger partial charge in [-0.05, 0) is 31.0 Å². The van der Waals surface area contributed by atoms with Crippen LogP contribution in [0.25, 0.3) is 0 Å². The van der Waals surface area contributed by atoms with Crippen LogP contribution in [0.5, 0.6) is 17.2 Å². The molecular weight excluding hydrogens is 356 g/mol. The second-order valence-electron chi connectivity index (χ2n) is 7.06. The number of hydrogen-bond acceptors (Lipinski definition) is 5. The molecule has 6 heteroatoms. The first-order chi connectivity index (χ1) is 13.5. The van der Waals surface area contributed by atoms with Gasteiger partial charge in [0, 0.05) is 49.9 Å². The van der Waals surface area contributed by atoms with Crippen molar-refractivity contribution < 1.29 is 19.4 Å². The number of methoxy groups -OCH3 is 2. The molecule has 1 saturated heterocycles. The van der Waals surface area contributed by atoms with Crippen LogP contribution in [0.3, 0.4) is 0 Å². The first kappa shape index (κ1) is 20.0. The summed E-state index contributed by atoms with van der Waals surface area (Å²) in [6.45, 7) is 4.06. The van der Waals surface area contributed by atoms with Crippen LogP contribution >= 0.6 is 0 Å². The van der Waals surface area contributed by atoms with Gasteiger partial charge in [0.2, 0.25) is 5.91 Å². The second-order valence-corrected chi connectivity index (χ2v) is 7.06. The van der Waals surface area contributed by atoms with Crippen LogP contribution in [0.4, 0.5) is 5.69 Å². The molecule has 1 heterocycles. The third-order valence-electron chi connectivity index (χ3n) is 5.29. The lowest BCUT2D eigenvalue weighted by Crippen LogP contribution is -2.46. The van der Waals surface area contributed by atoms with Gasteiger partial charge in [-0.15, -0.1) is 0 Å². The highest BCUT2D eigenvalue weighted by atomic mass is 16.5. The van der Waals surface area contributed by atoms with E-state index in [1.54, 1.807) is 27.2 Å². The van der Waals surface area contributed by atoms with E-state index in [1.807, 2.05) is 41.3 Å². The Morgan fingerprint density at radius 3 is 2.39 bits per heavy atom. The lowest BCUT2D eigenvalue weighted by molar-refractivity contribution is -0.117. The molecule has 0 spiro atoms. The number of amides is 1. The van der Waals surface area contributed by atoms with Crippen molar-refractivity contribution in [2.24, 2.45) is 0 Å². The van der Waals surface area contributed by atoms with Crippen LogP contribution in [0.1, 0.15) is 25.3 Å². The van der Waals surface area contributed by atoms with Gasteiger partial charge in [0.25, 0.3) is 0 Å². The highest BCUT2D eigenvalue weighted by molar-refractivity contribution is 5.92. The number of phenolic OH excluding ortho intramolecular Hbond substituents is 1. The average molecular weight is 384 g/mol. The number of rotatable bonds is 6. The van der Waals surface area contributed by atoms with Crippen molar-refractivity contribution in [1.82, 2.24) is 4.90 Å². The molecule has 1 aliphatic heterocycles. The van der Waals surface area contributed by atoms with Crippen LogP contribution in [0.15, 0.2) is 42.5 Å². The predicted octanol–water partition coefficient (Wildman–Crippen LogP) is 3.43. The van der Waals surface area contributed by atoms with Gasteiger partial charge in [0.15, 0.2) is 11.5 Å². The quantitative estimate of drug-likeness (QED) is 0.827. The number of ether oxygens (including phenoxy) is 2. The van der Waals surface area contributed by atoms with Crippen LogP contribution in [0, 0.1) is 0 Å². The van der Waals surface area contributed by atoms with Crippen LogP contribution < -0.4 is 14.4 Å². The lowest BCUT2D eigenvalue weighted by Gasteiger charge is -2.38. The van der Waals surface area contributed by atoms with Crippen molar-refractivity contribution in [2.75, 3.05) is 32.2 Å². The fourth-order valence-corrected chi connectivity index (χ4v) is 3.85. The Balaban J connectivity index is 1.70. The molecule has 0 bridgehead atoms. The summed E-state index contributed by atoms with van der Waals surface area (Å²) in [4.78, 5) is 16.6. The minimum atomic E-state index is 0.0198. The van der Waals surface area contributed by atoms with Crippen LogP contribution in [-0.4, -0.2) is 49.3 Å². The number of benzene rings is 2. The maximum atomic E-state index is 12.4. The van der Waals surface area contributed by atoms with Gasteiger partial charge in [-0.3, -0.25) is 9.69 Å². The number of aromatic hydroxyl groups is 1. The Hall–Kier alpha value is -2.73. The van der Waals surface area contributed by atoms with Gasteiger partial charge >= 0.3 is 0 Å². The second kappa shape index (κ2) is 8.97. The summed E-state index contributed by atoms with van der Waals surface area (Å²) in [5.41, 5.74) is 1.76. The summed E-state index contributed by atoms with van der Waals surface area (Å²) in [6.07, 6.45) is 1.75. The highest BCUT2D eigenvalue weighted by Crippen LogP contribution is 2.34. The molecule has 1 fully saturated rings. The maximum Gasteiger partial charge on any atom is 0.224 e. The highest BCUT2D eigenvalue weighted by Gasteiger charge is 2.28. The zero-order valence-corrected chi connectivity index (χ0v) is 16.7. The van der Waals surface area contributed by atoms with E-state index in [9.17, 15) is 9.90 Å². The Bertz CT molecular complexity index is 816. The molecular formula is C22H28N2O4. The number of anilines is 1. The van der Waals surface area contributed by atoms with Gasteiger partial charge in [0.05, 0.1) is 14.2 Å². The minimum absolute atomic E-state index is 0.0198. The number of hydrogen-bond donors (Lipinski definition) is 1. The van der Waals surface area contributed by atoms with Crippen molar-refractivity contribution in [3.63, 3.8) is 0 Å². The molecule has 3 rings (SSSR count). The number of carbonyl (C=O) groups is 1. The van der Waals surface area contributed by atoms with E-state index in [-0.39, 0.29) is 11.9 Å². The molecule has 28 heavy (non-hydrogen) atoms. The topological polar surface area (TPSA) is 62.2 Å². The van der Waals surface area contributed by atoms with Gasteiger partial charge in [-0.25, -0.2) is 0 Å². The zero-order chi connectivity index (χ0) is 20.1. The fraction of sp³-hybridized carbons (Fsp3) is 0.409. The monoisotopic (exact) mass is 384 g/mol. The number of piperidine rings is 1. The van der Waals surface area contributed by atoms with Gasteiger partial charge in [0.1, 0.15) is 5.75 Å². The third kappa shape index (κ3) is 4.39. The average Bonchev–Trinajstić information content (AvgIpc) is 2.70. The van der Waals surface area contributed by atoms with Crippen molar-refractivity contribution in [1.29, 1.82) is 0 Å². The van der Waals surface area contributed by atoms with Gasteiger partial charge in [-0.2, -0.15) is 0 Å². The number of para-hydroxylation sites is 1. The smallest absolute Gasteiger partial charge is 0.224 e. The summed E-state index contributed by atoms with van der Waals surface area (Å²) in [7, 11) is 3.19. The molecule has 2 aromatic rings. The first-order valence-corrected chi connectivity index (χ1v) is 9.54. The van der Waals surface area contributed by atoms with E-state index in [0.29, 0.717) is 17.2 Å². The molecule has 0 atom stereocenters. The molecule has 6 nitrogen and oxygen atoms in total. The summed E-state index contributed by atoms with van der Waals surface area (Å²) < 4.78 is 10.7. The third-order valence-corrected chi connectivity index (χ3v) is 5.29. The molecule has 0 saturated carbocycles. The van der Waals surface area contributed by atoms with Gasteiger partial charge in [-0.1, -0.05) is 18.2 Å². The molecule has 1 N–H and O–H groups in total. The van der Waals surface area contributed by atoms with E-state index in [4.69, 9.17) is 9.47 Å². The largest absolute Gasteiger partial charge is 0.508 e. The fourth-order valence-electron chi connectivity index (χ4n) is 3.85. The van der Waals surface area contributed by atoms with Crippen molar-refractivity contribution in [3.05, 3.63) is 48.0 Å². The summed E-state index contributed by atoms with van der Waals surface area (Å²) in [6, 6.07) is 13.2. The molecule has 0 aliphatic carbocycles. The Morgan fingerprint density at radius 1 is 1.11 bits per heavy atom. The number of phenols is 1. The number of nitrogens with zero attached hydrogens (tertiary/aromatic N) is 2.